The average Bonchev–Trinajstić information content (AvgIpc) is 2.71. The van der Waals surface area contributed by atoms with Crippen LogP contribution in [0.15, 0.2) is 42.5 Å². The van der Waals surface area contributed by atoms with Crippen molar-refractivity contribution in [2.45, 2.75) is 76.8 Å². The summed E-state index contributed by atoms with van der Waals surface area (Å²) in [4.78, 5) is 0. The number of aryl methyl sites for hydroxylation is 2. The number of halogens is 4. The van der Waals surface area contributed by atoms with Crippen LogP contribution in [0.5, 0.6) is 0 Å². The van der Waals surface area contributed by atoms with Crippen molar-refractivity contribution < 1.29 is 17.6 Å². The highest BCUT2D eigenvalue weighted by molar-refractivity contribution is 5.30. The van der Waals surface area contributed by atoms with Crippen molar-refractivity contribution in [2.24, 2.45) is 5.92 Å². The molecule has 158 valence electrons. The SMILES string of the molecule is CCCCC1CCC(c2ccc(CCc3cccc(C(F)(F)F)c3)c(F)c2)CC1. The van der Waals surface area contributed by atoms with E-state index in [0.717, 1.165) is 36.5 Å². The van der Waals surface area contributed by atoms with Crippen LogP contribution >= 0.6 is 0 Å². The van der Waals surface area contributed by atoms with Crippen molar-refractivity contribution in [1.82, 2.24) is 0 Å². The van der Waals surface area contributed by atoms with Crippen molar-refractivity contribution in [3.63, 3.8) is 0 Å². The molecule has 0 unspecified atom stereocenters. The summed E-state index contributed by atoms with van der Waals surface area (Å²) >= 11 is 0. The van der Waals surface area contributed by atoms with E-state index in [-0.39, 0.29) is 5.82 Å². The molecule has 0 aromatic heterocycles. The maximum atomic E-state index is 14.6. The van der Waals surface area contributed by atoms with E-state index < -0.39 is 11.7 Å². The van der Waals surface area contributed by atoms with Gasteiger partial charge in [0.2, 0.25) is 0 Å². The fourth-order valence-electron chi connectivity index (χ4n) is 4.48. The lowest BCUT2D eigenvalue weighted by atomic mass is 9.77. The first-order valence-corrected chi connectivity index (χ1v) is 10.8. The molecule has 0 nitrogen and oxygen atoms in total. The van der Waals surface area contributed by atoms with Crippen LogP contribution in [0.2, 0.25) is 0 Å². The van der Waals surface area contributed by atoms with E-state index in [1.54, 1.807) is 12.1 Å². The Morgan fingerprint density at radius 3 is 2.34 bits per heavy atom. The van der Waals surface area contributed by atoms with Crippen molar-refractivity contribution in [3.8, 4) is 0 Å². The largest absolute Gasteiger partial charge is 0.416 e. The highest BCUT2D eigenvalue weighted by atomic mass is 19.4. The van der Waals surface area contributed by atoms with E-state index in [2.05, 4.69) is 6.92 Å². The zero-order valence-corrected chi connectivity index (χ0v) is 17.1. The monoisotopic (exact) mass is 406 g/mol. The Morgan fingerprint density at radius 2 is 1.69 bits per heavy atom. The van der Waals surface area contributed by atoms with Gasteiger partial charge in [0.15, 0.2) is 0 Å². The maximum absolute atomic E-state index is 14.6. The van der Waals surface area contributed by atoms with E-state index in [4.69, 9.17) is 0 Å². The maximum Gasteiger partial charge on any atom is 0.416 e. The Kier molecular flexibility index (Phi) is 7.37. The smallest absolute Gasteiger partial charge is 0.207 e. The molecule has 3 rings (SSSR count). The lowest BCUT2D eigenvalue weighted by Gasteiger charge is -2.29. The van der Waals surface area contributed by atoms with Gasteiger partial charge in [0.1, 0.15) is 5.82 Å². The van der Waals surface area contributed by atoms with Crippen molar-refractivity contribution in [2.75, 3.05) is 0 Å². The molecular formula is C25H30F4. The summed E-state index contributed by atoms with van der Waals surface area (Å²) in [7, 11) is 0. The van der Waals surface area contributed by atoms with Crippen LogP contribution in [0, 0.1) is 11.7 Å². The third kappa shape index (κ3) is 6.07. The lowest BCUT2D eigenvalue weighted by Crippen LogP contribution is -2.13. The van der Waals surface area contributed by atoms with Gasteiger partial charge < -0.3 is 0 Å². The van der Waals surface area contributed by atoms with Gasteiger partial charge in [-0.15, -0.1) is 0 Å². The highest BCUT2D eigenvalue weighted by Gasteiger charge is 2.30. The zero-order valence-electron chi connectivity index (χ0n) is 17.1. The summed E-state index contributed by atoms with van der Waals surface area (Å²) in [6, 6.07) is 10.8. The molecule has 2 aromatic carbocycles. The lowest BCUT2D eigenvalue weighted by molar-refractivity contribution is -0.137. The Bertz CT molecular complexity index is 786. The number of rotatable bonds is 7. The quantitative estimate of drug-likeness (QED) is 0.408. The van der Waals surface area contributed by atoms with Crippen molar-refractivity contribution in [3.05, 3.63) is 70.5 Å². The molecular weight excluding hydrogens is 376 g/mol. The summed E-state index contributed by atoms with van der Waals surface area (Å²) in [5.74, 6) is 1.02. The molecule has 1 fully saturated rings. The summed E-state index contributed by atoms with van der Waals surface area (Å²) < 4.78 is 53.2. The van der Waals surface area contributed by atoms with Crippen molar-refractivity contribution in [1.29, 1.82) is 0 Å². The summed E-state index contributed by atoms with van der Waals surface area (Å²) in [5.41, 5.74) is 1.57. The molecule has 2 aromatic rings. The molecule has 4 heteroatoms. The van der Waals surface area contributed by atoms with Crippen LogP contribution in [-0.2, 0) is 19.0 Å². The molecule has 0 spiro atoms. The predicted octanol–water partition coefficient (Wildman–Crippen LogP) is 8.09. The Balaban J connectivity index is 1.58. The highest BCUT2D eigenvalue weighted by Crippen LogP contribution is 2.38. The third-order valence-electron chi connectivity index (χ3n) is 6.30. The van der Waals surface area contributed by atoms with Crippen LogP contribution in [0.1, 0.15) is 80.0 Å². The molecule has 0 heterocycles. The second-order valence-corrected chi connectivity index (χ2v) is 8.41. The standard InChI is InChI=1S/C25H30F4/c1-2-3-5-18-8-11-20(12-9-18)22-15-14-21(24(26)17-22)13-10-19-6-4-7-23(16-19)25(27,28)29/h4,6-7,14-18,20H,2-3,5,8-13H2,1H3. The van der Waals surface area contributed by atoms with E-state index in [9.17, 15) is 17.6 Å². The first-order chi connectivity index (χ1) is 13.9. The van der Waals surface area contributed by atoms with Gasteiger partial charge in [-0.25, -0.2) is 4.39 Å². The Morgan fingerprint density at radius 1 is 0.931 bits per heavy atom. The van der Waals surface area contributed by atoms with Crippen molar-refractivity contribution >= 4 is 0 Å². The summed E-state index contributed by atoms with van der Waals surface area (Å²) in [6.07, 6.45) is 4.99. The first-order valence-electron chi connectivity index (χ1n) is 10.8. The third-order valence-corrected chi connectivity index (χ3v) is 6.30. The van der Waals surface area contributed by atoms with Gasteiger partial charge in [0.05, 0.1) is 5.56 Å². The topological polar surface area (TPSA) is 0 Å². The second-order valence-electron chi connectivity index (χ2n) is 8.41. The minimum absolute atomic E-state index is 0.234. The van der Waals surface area contributed by atoms with Gasteiger partial charge in [-0.2, -0.15) is 13.2 Å². The molecule has 0 N–H and O–H groups in total. The number of benzene rings is 2. The Labute approximate surface area is 171 Å². The zero-order chi connectivity index (χ0) is 20.9. The molecule has 0 saturated heterocycles. The molecule has 0 radical (unpaired) electrons. The first kappa shape index (κ1) is 21.9. The predicted molar refractivity (Wildman–Crippen MR) is 109 cm³/mol. The van der Waals surface area contributed by atoms with Crippen LogP contribution < -0.4 is 0 Å². The van der Waals surface area contributed by atoms with Crippen LogP contribution in [0.3, 0.4) is 0 Å². The van der Waals surface area contributed by atoms with Crippen LogP contribution in [-0.4, -0.2) is 0 Å². The molecule has 0 aliphatic heterocycles. The fraction of sp³-hybridized carbons (Fsp3) is 0.520. The average molecular weight is 407 g/mol. The minimum Gasteiger partial charge on any atom is -0.207 e. The molecule has 1 aliphatic carbocycles. The van der Waals surface area contributed by atoms with Gasteiger partial charge in [-0.05, 0) is 79.2 Å². The van der Waals surface area contributed by atoms with E-state index >= 15 is 0 Å². The number of hydrogen-bond donors (Lipinski definition) is 0. The van der Waals surface area contributed by atoms with Crippen LogP contribution in [0.4, 0.5) is 17.6 Å². The molecule has 1 aliphatic rings. The van der Waals surface area contributed by atoms with Gasteiger partial charge in [-0.3, -0.25) is 0 Å². The minimum atomic E-state index is -4.35. The fourth-order valence-corrected chi connectivity index (χ4v) is 4.48. The number of unbranched alkanes of at least 4 members (excludes halogenated alkanes) is 1. The molecule has 29 heavy (non-hydrogen) atoms. The van der Waals surface area contributed by atoms with Gasteiger partial charge in [0, 0.05) is 0 Å². The second kappa shape index (κ2) is 9.77. The van der Waals surface area contributed by atoms with Gasteiger partial charge >= 0.3 is 6.18 Å². The number of hydrogen-bond acceptors (Lipinski definition) is 0. The van der Waals surface area contributed by atoms with Gasteiger partial charge in [0.25, 0.3) is 0 Å². The number of alkyl halides is 3. The molecule has 0 amide bonds. The van der Waals surface area contributed by atoms with Gasteiger partial charge in [-0.1, -0.05) is 56.5 Å². The molecule has 0 atom stereocenters. The summed E-state index contributed by atoms with van der Waals surface area (Å²) in [6.45, 7) is 2.23. The summed E-state index contributed by atoms with van der Waals surface area (Å²) in [5, 5.41) is 0. The van der Waals surface area contributed by atoms with E-state index in [1.165, 1.54) is 38.2 Å². The normalized spacial score (nSPS) is 20.0. The molecule has 0 bridgehead atoms. The Hall–Kier alpha value is -1.84. The molecule has 1 saturated carbocycles. The van der Waals surface area contributed by atoms with E-state index in [0.29, 0.717) is 29.9 Å². The van der Waals surface area contributed by atoms with Crippen LogP contribution in [0.25, 0.3) is 0 Å². The van der Waals surface area contributed by atoms with E-state index in [1.807, 2.05) is 12.1 Å².